The second-order valence-electron chi connectivity index (χ2n) is 7.12. The average Bonchev–Trinajstić information content (AvgIpc) is 2.68. The minimum Gasteiger partial charge on any atom is -0.508 e. The predicted octanol–water partition coefficient (Wildman–Crippen LogP) is 3.81. The lowest BCUT2D eigenvalue weighted by Crippen LogP contribution is -2.29. The van der Waals surface area contributed by atoms with Crippen molar-refractivity contribution < 1.29 is 10.2 Å². The monoisotopic (exact) mass is 362 g/mol. The van der Waals surface area contributed by atoms with Gasteiger partial charge in [0.05, 0.1) is 0 Å². The number of rotatable bonds is 5. The fourth-order valence-electron chi connectivity index (χ4n) is 3.28. The highest BCUT2D eigenvalue weighted by Crippen LogP contribution is 2.42. The molecule has 0 atom stereocenters. The van der Waals surface area contributed by atoms with Gasteiger partial charge in [0, 0.05) is 45.1 Å². The van der Waals surface area contributed by atoms with E-state index in [2.05, 4.69) is 0 Å². The molecule has 0 fully saturated rings. The second-order valence-corrected chi connectivity index (χ2v) is 7.12. The van der Waals surface area contributed by atoms with Crippen LogP contribution in [0.1, 0.15) is 16.7 Å². The van der Waals surface area contributed by atoms with Crippen molar-refractivity contribution in [3.05, 3.63) is 89.5 Å². The van der Waals surface area contributed by atoms with E-state index in [0.29, 0.717) is 16.7 Å². The second kappa shape index (κ2) is 7.33. The molecule has 4 heteroatoms. The number of nitrogens with zero attached hydrogens (tertiary/aromatic N) is 2. The topological polar surface area (TPSA) is 46.9 Å². The van der Waals surface area contributed by atoms with E-state index in [9.17, 15) is 10.2 Å². The highest BCUT2D eigenvalue weighted by molar-refractivity contribution is 5.59. The van der Waals surface area contributed by atoms with Crippen LogP contribution in [0.4, 0.5) is 11.4 Å². The molecule has 0 saturated heterocycles. The zero-order valence-corrected chi connectivity index (χ0v) is 16.2. The molecular weight excluding hydrogens is 336 g/mol. The van der Waals surface area contributed by atoms with Crippen LogP contribution in [-0.2, 0) is 5.60 Å². The standard InChI is InChI=1S/C23H26N2O2/c1-24(2)19-11-7-9-17(15-19)23(27,21-13-5-6-14-22(21)26)18-10-8-12-20(16-18)25(3)4/h5-16,26-27H,1-4H3. The van der Waals surface area contributed by atoms with Crippen molar-refractivity contribution in [2.75, 3.05) is 38.0 Å². The Balaban J connectivity index is 2.30. The Morgan fingerprint density at radius 2 is 1.15 bits per heavy atom. The number of phenolic OH excluding ortho intramolecular Hbond substituents is 1. The molecule has 0 aliphatic heterocycles. The van der Waals surface area contributed by atoms with E-state index in [-0.39, 0.29) is 5.75 Å². The van der Waals surface area contributed by atoms with Crippen molar-refractivity contribution in [2.24, 2.45) is 0 Å². The van der Waals surface area contributed by atoms with Gasteiger partial charge >= 0.3 is 0 Å². The normalized spacial score (nSPS) is 11.3. The molecule has 0 saturated carbocycles. The summed E-state index contributed by atoms with van der Waals surface area (Å²) in [6.45, 7) is 0. The molecule has 3 rings (SSSR count). The molecule has 0 spiro atoms. The molecule has 0 bridgehead atoms. The van der Waals surface area contributed by atoms with Crippen LogP contribution in [0.5, 0.6) is 5.75 Å². The summed E-state index contributed by atoms with van der Waals surface area (Å²) >= 11 is 0. The summed E-state index contributed by atoms with van der Waals surface area (Å²) in [5.74, 6) is 0.0607. The molecule has 3 aromatic rings. The Morgan fingerprint density at radius 1 is 0.667 bits per heavy atom. The molecule has 4 nitrogen and oxygen atoms in total. The van der Waals surface area contributed by atoms with Crippen molar-refractivity contribution in [1.29, 1.82) is 0 Å². The average molecular weight is 362 g/mol. The van der Waals surface area contributed by atoms with Crippen LogP contribution in [-0.4, -0.2) is 38.4 Å². The first-order chi connectivity index (χ1) is 12.8. The van der Waals surface area contributed by atoms with Gasteiger partial charge in [0.2, 0.25) is 0 Å². The summed E-state index contributed by atoms with van der Waals surface area (Å²) in [5, 5.41) is 22.6. The van der Waals surface area contributed by atoms with Gasteiger partial charge in [-0.15, -0.1) is 0 Å². The van der Waals surface area contributed by atoms with E-state index in [4.69, 9.17) is 0 Å². The Kier molecular flexibility index (Phi) is 5.10. The van der Waals surface area contributed by atoms with E-state index in [1.54, 1.807) is 18.2 Å². The molecule has 140 valence electrons. The highest BCUT2D eigenvalue weighted by atomic mass is 16.3. The van der Waals surface area contributed by atoms with Gasteiger partial charge in [-0.3, -0.25) is 0 Å². The van der Waals surface area contributed by atoms with Gasteiger partial charge in [-0.05, 0) is 41.5 Å². The third-order valence-electron chi connectivity index (χ3n) is 4.85. The Morgan fingerprint density at radius 3 is 1.59 bits per heavy atom. The van der Waals surface area contributed by atoms with Crippen LogP contribution >= 0.6 is 0 Å². The number of phenols is 1. The first-order valence-corrected chi connectivity index (χ1v) is 8.90. The van der Waals surface area contributed by atoms with E-state index >= 15 is 0 Å². The maximum atomic E-state index is 12.0. The van der Waals surface area contributed by atoms with Crippen molar-refractivity contribution in [1.82, 2.24) is 0 Å². The molecule has 0 aromatic heterocycles. The quantitative estimate of drug-likeness (QED) is 0.678. The number of hydrogen-bond donors (Lipinski definition) is 2. The summed E-state index contributed by atoms with van der Waals surface area (Å²) < 4.78 is 0. The van der Waals surface area contributed by atoms with Crippen LogP contribution in [0.15, 0.2) is 72.8 Å². The molecule has 3 aromatic carbocycles. The maximum Gasteiger partial charge on any atom is 0.144 e. The summed E-state index contributed by atoms with van der Waals surface area (Å²) in [6, 6.07) is 22.5. The number of para-hydroxylation sites is 1. The van der Waals surface area contributed by atoms with Crippen LogP contribution in [0.25, 0.3) is 0 Å². The van der Waals surface area contributed by atoms with Crippen LogP contribution < -0.4 is 9.80 Å². The van der Waals surface area contributed by atoms with Gasteiger partial charge in [0.25, 0.3) is 0 Å². The molecule has 2 N–H and O–H groups in total. The van der Waals surface area contributed by atoms with Gasteiger partial charge in [-0.25, -0.2) is 0 Å². The molecule has 0 heterocycles. The lowest BCUT2D eigenvalue weighted by Gasteiger charge is -2.32. The molecule has 0 aliphatic rings. The van der Waals surface area contributed by atoms with Crippen molar-refractivity contribution in [3.63, 3.8) is 0 Å². The van der Waals surface area contributed by atoms with E-state index in [0.717, 1.165) is 11.4 Å². The van der Waals surface area contributed by atoms with Crippen LogP contribution in [0, 0.1) is 0 Å². The fraction of sp³-hybridized carbons (Fsp3) is 0.217. The maximum absolute atomic E-state index is 12.0. The Labute approximate surface area is 160 Å². The lowest BCUT2D eigenvalue weighted by atomic mass is 9.79. The number of hydrogen-bond acceptors (Lipinski definition) is 4. The molecule has 0 radical (unpaired) electrons. The van der Waals surface area contributed by atoms with E-state index in [1.807, 2.05) is 92.6 Å². The largest absolute Gasteiger partial charge is 0.508 e. The summed E-state index contributed by atoms with van der Waals surface area (Å²) in [7, 11) is 7.85. The van der Waals surface area contributed by atoms with Gasteiger partial charge in [-0.2, -0.15) is 0 Å². The van der Waals surface area contributed by atoms with Gasteiger partial charge < -0.3 is 20.0 Å². The summed E-state index contributed by atoms with van der Waals surface area (Å²) in [6.07, 6.45) is 0. The number of aromatic hydroxyl groups is 1. The first kappa shape index (κ1) is 18.8. The van der Waals surface area contributed by atoms with E-state index < -0.39 is 5.60 Å². The van der Waals surface area contributed by atoms with Crippen molar-refractivity contribution in [2.45, 2.75) is 5.60 Å². The molecule has 0 aliphatic carbocycles. The third kappa shape index (κ3) is 3.49. The zero-order valence-electron chi connectivity index (χ0n) is 16.2. The van der Waals surface area contributed by atoms with E-state index in [1.165, 1.54) is 0 Å². The lowest BCUT2D eigenvalue weighted by molar-refractivity contribution is 0.122. The fourth-order valence-corrected chi connectivity index (χ4v) is 3.28. The molecule has 0 amide bonds. The minimum atomic E-state index is -1.48. The summed E-state index contributed by atoms with van der Waals surface area (Å²) in [5.41, 5.74) is 2.33. The van der Waals surface area contributed by atoms with Gasteiger partial charge in [-0.1, -0.05) is 42.5 Å². The van der Waals surface area contributed by atoms with Crippen LogP contribution in [0.3, 0.4) is 0 Å². The van der Waals surface area contributed by atoms with Crippen LogP contribution in [0.2, 0.25) is 0 Å². The van der Waals surface area contributed by atoms with Crippen molar-refractivity contribution in [3.8, 4) is 5.75 Å². The Bertz CT molecular complexity index is 883. The highest BCUT2D eigenvalue weighted by Gasteiger charge is 2.36. The van der Waals surface area contributed by atoms with Gasteiger partial charge in [0.1, 0.15) is 11.4 Å². The zero-order chi connectivity index (χ0) is 19.6. The number of aliphatic hydroxyl groups is 1. The molecular formula is C23H26N2O2. The van der Waals surface area contributed by atoms with Crippen molar-refractivity contribution >= 4 is 11.4 Å². The number of benzene rings is 3. The minimum absolute atomic E-state index is 0.0607. The molecule has 0 unspecified atom stereocenters. The predicted molar refractivity (Wildman–Crippen MR) is 112 cm³/mol. The Hall–Kier alpha value is -2.98. The van der Waals surface area contributed by atoms with Gasteiger partial charge in [0.15, 0.2) is 0 Å². The number of anilines is 2. The third-order valence-corrected chi connectivity index (χ3v) is 4.85. The SMILES string of the molecule is CN(C)c1cccc(C(O)(c2cccc(N(C)C)c2)c2ccccc2O)c1. The smallest absolute Gasteiger partial charge is 0.144 e. The summed E-state index contributed by atoms with van der Waals surface area (Å²) in [4.78, 5) is 3.98. The first-order valence-electron chi connectivity index (χ1n) is 8.90. The molecule has 27 heavy (non-hydrogen) atoms.